The average Bonchev–Trinajstić information content (AvgIpc) is 3.86. The number of hydrogen-bond donors (Lipinski definition) is 3. The molecule has 14 nitrogen and oxygen atoms in total. The number of pyridine rings is 1. The number of aromatic nitrogens is 3. The van der Waals surface area contributed by atoms with Crippen LogP contribution in [-0.4, -0.2) is 100 Å². The van der Waals surface area contributed by atoms with Gasteiger partial charge < -0.3 is 39.8 Å². The number of ether oxygens (including phenoxy) is 2. The van der Waals surface area contributed by atoms with Crippen molar-refractivity contribution in [2.45, 2.75) is 79.4 Å². The number of benzene rings is 3. The van der Waals surface area contributed by atoms with Gasteiger partial charge in [-0.1, -0.05) is 71.3 Å². The Morgan fingerprint density at radius 1 is 0.969 bits per heavy atom. The van der Waals surface area contributed by atoms with E-state index in [0.29, 0.717) is 71.6 Å². The van der Waals surface area contributed by atoms with Gasteiger partial charge in [0.05, 0.1) is 40.5 Å². The minimum absolute atomic E-state index is 0.0298. The summed E-state index contributed by atoms with van der Waals surface area (Å²) in [6, 6.07) is 13.1. The minimum atomic E-state index is -5.07. The van der Waals surface area contributed by atoms with Crippen LogP contribution in [0.2, 0.25) is 5.02 Å². The molecule has 18 heteroatoms. The number of piperazine rings is 1. The van der Waals surface area contributed by atoms with E-state index in [1.165, 1.54) is 19.4 Å². The van der Waals surface area contributed by atoms with E-state index in [2.05, 4.69) is 30.2 Å². The molecule has 0 saturated carbocycles. The number of rotatable bonds is 9. The van der Waals surface area contributed by atoms with Crippen LogP contribution in [0.4, 0.5) is 29.5 Å². The molecule has 0 radical (unpaired) electrons. The van der Waals surface area contributed by atoms with E-state index in [9.17, 15) is 32.3 Å². The van der Waals surface area contributed by atoms with Crippen LogP contribution in [0, 0.1) is 17.3 Å². The number of amides is 4. The normalized spacial score (nSPS) is 18.7. The van der Waals surface area contributed by atoms with Crippen LogP contribution < -0.4 is 20.3 Å². The fraction of sp³-hybridized carbons (Fsp3) is 0.435. The van der Waals surface area contributed by atoms with Crippen molar-refractivity contribution >= 4 is 68.7 Å². The highest BCUT2D eigenvalue weighted by Crippen LogP contribution is 2.42. The molecule has 2 fully saturated rings. The van der Waals surface area contributed by atoms with Gasteiger partial charge in [0.15, 0.2) is 0 Å². The highest BCUT2D eigenvalue weighted by Gasteiger charge is 2.41. The molecule has 5 aromatic rings. The van der Waals surface area contributed by atoms with E-state index in [0.717, 1.165) is 6.07 Å². The number of fused-ring (bicyclic) bond motifs is 3. The number of imidazole rings is 1. The number of nitrogens with one attached hydrogen (secondary N) is 3. The SMILES string of the molecule is COC(=O)N[C@H](C(=O)N1C[C@@H](C)C[C@H]1c1nc2c(ccc3cc(-c4cc(Cl)c(NC(=O)c5ccc(N6CCN(C(=O)C(C)(C)C)C[C@H]6C)nc5)cc4OC(F)(F)F)ccc32)[nH]1)C(C)C. The molecule has 4 atom stereocenters. The van der Waals surface area contributed by atoms with E-state index in [4.69, 9.17) is 21.3 Å². The Morgan fingerprint density at radius 3 is 2.36 bits per heavy atom. The third-order valence-corrected chi connectivity index (χ3v) is 12.0. The lowest BCUT2D eigenvalue weighted by Gasteiger charge is -2.42. The maximum Gasteiger partial charge on any atom is 0.573 e. The topological polar surface area (TPSA) is 162 Å². The Hall–Kier alpha value is -6.10. The fourth-order valence-corrected chi connectivity index (χ4v) is 8.71. The summed E-state index contributed by atoms with van der Waals surface area (Å²) in [4.78, 5) is 70.6. The molecule has 4 heterocycles. The van der Waals surface area contributed by atoms with E-state index in [1.54, 1.807) is 35.2 Å². The maximum atomic E-state index is 13.9. The molecule has 4 amide bonds. The number of carbonyl (C=O) groups is 4. The standard InChI is InChI=1S/C46H52ClF3N8O6/c1-24(2)38(55-44(62)63-8)42(60)58-22-25(3)17-35(58)40-52-33-13-10-27-18-28(9-12-30(27)39(33)54-40)31-19-32(47)34(20-36(31)64-46(48,49)50)53-41(59)29-11-14-37(51-21-29)57-16-15-56(23-26(57)4)43(61)45(5,6)7/h9-14,18-21,24-26,35,38H,15-17,22-23H2,1-8H3,(H,52,54)(H,53,59)(H,55,62)/t25-,26+,35-,38-/m0/s1. The van der Waals surface area contributed by atoms with Crippen molar-refractivity contribution in [2.24, 2.45) is 17.3 Å². The van der Waals surface area contributed by atoms with Gasteiger partial charge in [-0.2, -0.15) is 0 Å². The first-order valence-corrected chi connectivity index (χ1v) is 21.5. The molecule has 2 aliphatic rings. The summed E-state index contributed by atoms with van der Waals surface area (Å²) in [6.45, 7) is 15.5. The number of methoxy groups -OCH3 is 1. The summed E-state index contributed by atoms with van der Waals surface area (Å²) in [5.41, 5.74) is 1.25. The first-order chi connectivity index (χ1) is 30.1. The van der Waals surface area contributed by atoms with Gasteiger partial charge in [-0.15, -0.1) is 13.2 Å². The van der Waals surface area contributed by atoms with E-state index < -0.39 is 41.6 Å². The largest absolute Gasteiger partial charge is 0.573 e. The summed E-state index contributed by atoms with van der Waals surface area (Å²) >= 11 is 6.66. The van der Waals surface area contributed by atoms with Crippen molar-refractivity contribution < 1.29 is 41.8 Å². The quantitative estimate of drug-likeness (QED) is 0.131. The molecule has 0 unspecified atom stereocenters. The molecular formula is C46H52ClF3N8O6. The van der Waals surface area contributed by atoms with Gasteiger partial charge in [-0.05, 0) is 66.5 Å². The molecule has 340 valence electrons. The van der Waals surface area contributed by atoms with Crippen molar-refractivity contribution in [3.63, 3.8) is 0 Å². The molecule has 3 N–H and O–H groups in total. The lowest BCUT2D eigenvalue weighted by Crippen LogP contribution is -2.56. The van der Waals surface area contributed by atoms with E-state index >= 15 is 0 Å². The number of anilines is 2. The second kappa shape index (κ2) is 17.8. The molecule has 0 spiro atoms. The summed E-state index contributed by atoms with van der Waals surface area (Å²) in [7, 11) is 1.24. The second-order valence-electron chi connectivity index (χ2n) is 18.0. The molecule has 0 bridgehead atoms. The number of hydrogen-bond acceptors (Lipinski definition) is 9. The Labute approximate surface area is 373 Å². The summed E-state index contributed by atoms with van der Waals surface area (Å²) in [6.07, 6.45) is -3.75. The Balaban J connectivity index is 1.12. The van der Waals surface area contributed by atoms with Crippen LogP contribution in [-0.2, 0) is 14.3 Å². The van der Waals surface area contributed by atoms with Crippen LogP contribution in [0.1, 0.15) is 77.1 Å². The van der Waals surface area contributed by atoms with Gasteiger partial charge in [0.1, 0.15) is 23.4 Å². The van der Waals surface area contributed by atoms with Gasteiger partial charge in [0, 0.05) is 60.8 Å². The van der Waals surface area contributed by atoms with Crippen LogP contribution in [0.25, 0.3) is 32.9 Å². The lowest BCUT2D eigenvalue weighted by atomic mass is 9.94. The Bertz CT molecular complexity index is 2600. The van der Waals surface area contributed by atoms with Gasteiger partial charge >= 0.3 is 12.5 Å². The van der Waals surface area contributed by atoms with Crippen LogP contribution in [0.3, 0.4) is 0 Å². The van der Waals surface area contributed by atoms with Crippen molar-refractivity contribution in [3.05, 3.63) is 77.2 Å². The van der Waals surface area contributed by atoms with Gasteiger partial charge in [0.25, 0.3) is 5.91 Å². The molecule has 64 heavy (non-hydrogen) atoms. The number of alkyl halides is 3. The fourth-order valence-electron chi connectivity index (χ4n) is 8.50. The molecule has 2 aliphatic heterocycles. The number of halogens is 4. The van der Waals surface area contributed by atoms with E-state index in [1.807, 2.05) is 65.5 Å². The monoisotopic (exact) mass is 904 g/mol. The number of aromatic amines is 1. The first-order valence-electron chi connectivity index (χ1n) is 21.1. The zero-order valence-electron chi connectivity index (χ0n) is 36.9. The molecule has 3 aromatic carbocycles. The van der Waals surface area contributed by atoms with Crippen molar-refractivity contribution in [2.75, 3.05) is 43.5 Å². The predicted molar refractivity (Wildman–Crippen MR) is 238 cm³/mol. The number of H-pyrrole nitrogens is 1. The number of alkyl carbamates (subject to hydrolysis) is 1. The molecule has 0 aliphatic carbocycles. The predicted octanol–water partition coefficient (Wildman–Crippen LogP) is 8.96. The lowest BCUT2D eigenvalue weighted by molar-refractivity contribution is -0.274. The van der Waals surface area contributed by atoms with Crippen molar-refractivity contribution in [1.82, 2.24) is 30.1 Å². The second-order valence-corrected chi connectivity index (χ2v) is 18.4. The Morgan fingerprint density at radius 2 is 1.72 bits per heavy atom. The summed E-state index contributed by atoms with van der Waals surface area (Å²) in [5.74, 6) is -0.263. The smallest absolute Gasteiger partial charge is 0.453 e. The maximum absolute atomic E-state index is 13.9. The number of carbonyl (C=O) groups excluding carboxylic acids is 4. The molecule has 7 rings (SSSR count). The molecular weight excluding hydrogens is 853 g/mol. The summed E-state index contributed by atoms with van der Waals surface area (Å²) < 4.78 is 51.0. The third kappa shape index (κ3) is 9.68. The highest BCUT2D eigenvalue weighted by atomic mass is 35.5. The average molecular weight is 905 g/mol. The van der Waals surface area contributed by atoms with Gasteiger partial charge in [0.2, 0.25) is 11.8 Å². The van der Waals surface area contributed by atoms with Crippen molar-refractivity contribution in [1.29, 1.82) is 0 Å². The van der Waals surface area contributed by atoms with E-state index in [-0.39, 0.29) is 51.5 Å². The minimum Gasteiger partial charge on any atom is -0.453 e. The van der Waals surface area contributed by atoms with Crippen molar-refractivity contribution in [3.8, 4) is 16.9 Å². The molecule has 2 aromatic heterocycles. The summed E-state index contributed by atoms with van der Waals surface area (Å²) in [5, 5.41) is 6.61. The zero-order valence-corrected chi connectivity index (χ0v) is 37.6. The highest BCUT2D eigenvalue weighted by molar-refractivity contribution is 6.34. The number of likely N-dealkylation sites (tertiary alicyclic amines) is 1. The van der Waals surface area contributed by atoms with Gasteiger partial charge in [-0.25, -0.2) is 14.8 Å². The van der Waals surface area contributed by atoms with Gasteiger partial charge in [-0.3, -0.25) is 14.4 Å². The Kier molecular flexibility index (Phi) is 12.8. The van der Waals surface area contributed by atoms with Crippen LogP contribution in [0.5, 0.6) is 5.75 Å². The first kappa shape index (κ1) is 45.9. The van der Waals surface area contributed by atoms with Crippen LogP contribution >= 0.6 is 11.6 Å². The van der Waals surface area contributed by atoms with Crippen LogP contribution in [0.15, 0.2) is 60.8 Å². The third-order valence-electron chi connectivity index (χ3n) is 11.7. The zero-order chi connectivity index (χ0) is 46.4. The molecule has 2 saturated heterocycles. The number of nitrogens with zero attached hydrogens (tertiary/aromatic N) is 5.